The molecule has 3 nitrogen and oxygen atoms in total. The first kappa shape index (κ1) is 13.2. The minimum absolute atomic E-state index is 0.637. The van der Waals surface area contributed by atoms with E-state index in [4.69, 9.17) is 16.3 Å². The maximum absolute atomic E-state index is 6.20. The number of hydrogen-bond acceptors (Lipinski definition) is 3. The van der Waals surface area contributed by atoms with E-state index in [0.29, 0.717) is 6.04 Å². The molecule has 2 aliphatic rings. The normalized spacial score (nSPS) is 21.7. The fourth-order valence-electron chi connectivity index (χ4n) is 3.11. The van der Waals surface area contributed by atoms with Crippen molar-refractivity contribution in [3.8, 4) is 5.75 Å². The molecule has 2 aliphatic heterocycles. The lowest BCUT2D eigenvalue weighted by atomic mass is 10.1. The Balaban J connectivity index is 1.68. The zero-order chi connectivity index (χ0) is 13.2. The molecule has 1 atom stereocenters. The Morgan fingerprint density at radius 1 is 1.47 bits per heavy atom. The number of nitrogens with one attached hydrogen (secondary N) is 1. The van der Waals surface area contributed by atoms with Crippen molar-refractivity contribution in [2.75, 3.05) is 26.7 Å². The van der Waals surface area contributed by atoms with Crippen molar-refractivity contribution in [1.82, 2.24) is 10.2 Å². The zero-order valence-corrected chi connectivity index (χ0v) is 12.2. The van der Waals surface area contributed by atoms with Gasteiger partial charge in [-0.1, -0.05) is 11.6 Å². The van der Waals surface area contributed by atoms with Gasteiger partial charge in [0, 0.05) is 36.1 Å². The van der Waals surface area contributed by atoms with Gasteiger partial charge in [-0.3, -0.25) is 0 Å². The number of rotatable bonds is 4. The average molecular weight is 281 g/mol. The van der Waals surface area contributed by atoms with Gasteiger partial charge in [-0.25, -0.2) is 0 Å². The van der Waals surface area contributed by atoms with E-state index in [1.807, 2.05) is 12.1 Å². The van der Waals surface area contributed by atoms with Crippen molar-refractivity contribution in [2.24, 2.45) is 0 Å². The smallest absolute Gasteiger partial charge is 0.127 e. The molecule has 0 radical (unpaired) electrons. The van der Waals surface area contributed by atoms with Crippen molar-refractivity contribution < 1.29 is 4.74 Å². The Morgan fingerprint density at radius 2 is 2.37 bits per heavy atom. The molecule has 0 aliphatic carbocycles. The summed E-state index contributed by atoms with van der Waals surface area (Å²) in [4.78, 5) is 2.36. The predicted octanol–water partition coefficient (Wildman–Crippen LogP) is 2.46. The van der Waals surface area contributed by atoms with Crippen LogP contribution in [0.1, 0.15) is 24.0 Å². The van der Waals surface area contributed by atoms with E-state index in [9.17, 15) is 0 Å². The average Bonchev–Trinajstić information content (AvgIpc) is 2.99. The van der Waals surface area contributed by atoms with E-state index < -0.39 is 0 Å². The highest BCUT2D eigenvalue weighted by Crippen LogP contribution is 2.33. The molecule has 1 aromatic rings. The quantitative estimate of drug-likeness (QED) is 0.917. The van der Waals surface area contributed by atoms with Crippen LogP contribution >= 0.6 is 11.6 Å². The highest BCUT2D eigenvalue weighted by Gasteiger charge is 2.20. The number of ether oxygens (including phenoxy) is 1. The van der Waals surface area contributed by atoms with Crippen molar-refractivity contribution >= 4 is 11.6 Å². The second-order valence-corrected chi connectivity index (χ2v) is 6.08. The maximum atomic E-state index is 6.20. The van der Waals surface area contributed by atoms with Gasteiger partial charge in [0.25, 0.3) is 0 Å². The molecule has 2 heterocycles. The number of benzene rings is 1. The summed E-state index contributed by atoms with van der Waals surface area (Å²) in [7, 11) is 2.17. The molecule has 0 amide bonds. The lowest BCUT2D eigenvalue weighted by Gasteiger charge is -2.22. The number of likely N-dealkylation sites (N-methyl/N-ethyl adjacent to an activating group) is 1. The van der Waals surface area contributed by atoms with E-state index in [2.05, 4.69) is 17.3 Å². The third-order valence-electron chi connectivity index (χ3n) is 3.96. The summed E-state index contributed by atoms with van der Waals surface area (Å²) in [6.45, 7) is 3.94. The van der Waals surface area contributed by atoms with Crippen LogP contribution in [0.3, 0.4) is 0 Å². The molecule has 1 unspecified atom stereocenters. The first-order valence-electron chi connectivity index (χ1n) is 7.08. The van der Waals surface area contributed by atoms with Gasteiger partial charge >= 0.3 is 0 Å². The minimum atomic E-state index is 0.637. The summed E-state index contributed by atoms with van der Waals surface area (Å²) in [5.41, 5.74) is 2.48. The summed E-state index contributed by atoms with van der Waals surface area (Å²) < 4.78 is 5.75. The molecular weight excluding hydrogens is 260 g/mol. The Bertz CT molecular complexity index is 458. The molecule has 0 aromatic heterocycles. The monoisotopic (exact) mass is 280 g/mol. The molecule has 4 heteroatoms. The summed E-state index contributed by atoms with van der Waals surface area (Å²) in [6.07, 6.45) is 3.57. The van der Waals surface area contributed by atoms with Crippen molar-refractivity contribution in [1.29, 1.82) is 0 Å². The van der Waals surface area contributed by atoms with E-state index in [0.717, 1.165) is 43.4 Å². The molecule has 3 rings (SSSR count). The summed E-state index contributed by atoms with van der Waals surface area (Å²) >= 11 is 6.20. The van der Waals surface area contributed by atoms with Gasteiger partial charge in [0.05, 0.1) is 6.61 Å². The molecule has 19 heavy (non-hydrogen) atoms. The molecule has 1 N–H and O–H groups in total. The zero-order valence-electron chi connectivity index (χ0n) is 11.4. The molecule has 104 valence electrons. The highest BCUT2D eigenvalue weighted by atomic mass is 35.5. The number of halogens is 1. The standard InChI is InChI=1S/C15H21ClN2O/c1-18(10-14-3-2-5-17-14)9-12-8-13(16)7-11-4-6-19-15(11)12/h7-8,14,17H,2-6,9-10H2,1H3. The fraction of sp³-hybridized carbons (Fsp3) is 0.600. The van der Waals surface area contributed by atoms with Crippen molar-refractivity contribution in [3.05, 3.63) is 28.3 Å². The van der Waals surface area contributed by atoms with E-state index in [1.54, 1.807) is 0 Å². The molecule has 1 saturated heterocycles. The summed E-state index contributed by atoms with van der Waals surface area (Å²) in [5.74, 6) is 1.07. The first-order valence-corrected chi connectivity index (χ1v) is 7.46. The molecule has 0 saturated carbocycles. The lowest BCUT2D eigenvalue weighted by Crippen LogP contribution is -2.35. The Morgan fingerprint density at radius 3 is 3.16 bits per heavy atom. The first-order chi connectivity index (χ1) is 9.22. The van der Waals surface area contributed by atoms with Gasteiger partial charge in [-0.2, -0.15) is 0 Å². The summed E-state index contributed by atoms with van der Waals surface area (Å²) in [6, 6.07) is 4.72. The van der Waals surface area contributed by atoms with Crippen LogP contribution < -0.4 is 10.1 Å². The van der Waals surface area contributed by atoms with Gasteiger partial charge in [-0.15, -0.1) is 0 Å². The molecule has 1 aromatic carbocycles. The van der Waals surface area contributed by atoms with Crippen LogP contribution in [0, 0.1) is 0 Å². The molecular formula is C15H21ClN2O. The topological polar surface area (TPSA) is 24.5 Å². The van der Waals surface area contributed by atoms with Crippen molar-refractivity contribution in [3.63, 3.8) is 0 Å². The maximum Gasteiger partial charge on any atom is 0.127 e. The SMILES string of the molecule is CN(Cc1cc(Cl)cc2c1OCC2)CC1CCCN1. The third kappa shape index (κ3) is 3.04. The van der Waals surface area contributed by atoms with Crippen molar-refractivity contribution in [2.45, 2.75) is 31.8 Å². The molecule has 1 fully saturated rings. The van der Waals surface area contributed by atoms with E-state index in [-0.39, 0.29) is 0 Å². The van der Waals surface area contributed by atoms with Crippen LogP contribution in [0.2, 0.25) is 5.02 Å². The second-order valence-electron chi connectivity index (χ2n) is 5.64. The molecule has 0 spiro atoms. The van der Waals surface area contributed by atoms with Crippen LogP contribution in [0.25, 0.3) is 0 Å². The third-order valence-corrected chi connectivity index (χ3v) is 4.18. The van der Waals surface area contributed by atoms with Crippen LogP contribution in [0.15, 0.2) is 12.1 Å². The Labute approximate surface area is 119 Å². The van der Waals surface area contributed by atoms with Gasteiger partial charge in [0.15, 0.2) is 0 Å². The van der Waals surface area contributed by atoms with E-state index >= 15 is 0 Å². The second kappa shape index (κ2) is 5.70. The van der Waals surface area contributed by atoms with Gasteiger partial charge < -0.3 is 15.0 Å². The fourth-order valence-corrected chi connectivity index (χ4v) is 3.37. The van der Waals surface area contributed by atoms with Gasteiger partial charge in [0.1, 0.15) is 5.75 Å². The van der Waals surface area contributed by atoms with Crippen LogP contribution in [0.4, 0.5) is 0 Å². The Kier molecular flexibility index (Phi) is 3.96. The largest absolute Gasteiger partial charge is 0.493 e. The van der Waals surface area contributed by atoms with Crippen LogP contribution in [-0.4, -0.2) is 37.7 Å². The predicted molar refractivity (Wildman–Crippen MR) is 78.0 cm³/mol. The minimum Gasteiger partial charge on any atom is -0.493 e. The van der Waals surface area contributed by atoms with E-state index in [1.165, 1.54) is 24.0 Å². The number of nitrogens with zero attached hydrogens (tertiary/aromatic N) is 1. The van der Waals surface area contributed by atoms with Gasteiger partial charge in [0.2, 0.25) is 0 Å². The summed E-state index contributed by atoms with van der Waals surface area (Å²) in [5, 5.41) is 4.36. The van der Waals surface area contributed by atoms with Gasteiger partial charge in [-0.05, 0) is 44.1 Å². The number of hydrogen-bond donors (Lipinski definition) is 1. The number of fused-ring (bicyclic) bond motifs is 1. The highest BCUT2D eigenvalue weighted by molar-refractivity contribution is 6.30. The van der Waals surface area contributed by atoms with Crippen LogP contribution in [0.5, 0.6) is 5.75 Å². The molecule has 0 bridgehead atoms. The lowest BCUT2D eigenvalue weighted by molar-refractivity contribution is 0.285. The van der Waals surface area contributed by atoms with Crippen LogP contribution in [-0.2, 0) is 13.0 Å². The Hall–Kier alpha value is -0.770.